The van der Waals surface area contributed by atoms with E-state index < -0.39 is 8.68 Å². The normalized spacial score (nSPS) is 15.6. The minimum absolute atomic E-state index is 0.581. The summed E-state index contributed by atoms with van der Waals surface area (Å²) in [5.74, 6) is 0. The molecule has 0 spiro atoms. The monoisotopic (exact) mass is 201 g/mol. The van der Waals surface area contributed by atoms with Crippen LogP contribution < -0.4 is 5.14 Å². The Morgan fingerprint density at radius 1 is 1.42 bits per heavy atom. The average molecular weight is 201 g/mol. The molecule has 0 aliphatic rings. The number of nitrogens with two attached hydrogens (primary N) is 1. The molecule has 0 radical (unpaired) electrons. The van der Waals surface area contributed by atoms with E-state index in [2.05, 4.69) is 0 Å². The molecule has 0 saturated carbocycles. The topological polar surface area (TPSA) is 43.1 Å². The van der Waals surface area contributed by atoms with Crippen molar-refractivity contribution in [1.82, 2.24) is 0 Å². The van der Waals surface area contributed by atoms with Crippen molar-refractivity contribution in [1.29, 1.82) is 0 Å². The molecule has 0 bridgehead atoms. The molecule has 2 nitrogen and oxygen atoms in total. The third kappa shape index (κ3) is 1.83. The largest absolute Gasteiger partial charge is 0.247 e. The number of rotatable bonds is 1. The Hall–Kier alpha value is -0.450. The van der Waals surface area contributed by atoms with Crippen LogP contribution in [0.2, 0.25) is 0 Å². The molecule has 0 aromatic heterocycles. The standard InChI is InChI=1S/C8H11NOS2/c1-6-4-3-5-8(7(6)2)12(9,10)11/h3-5H,1-2H3,(H2,9,10,11). The van der Waals surface area contributed by atoms with E-state index in [1.54, 1.807) is 6.07 Å². The van der Waals surface area contributed by atoms with Crippen LogP contribution in [0.5, 0.6) is 0 Å². The van der Waals surface area contributed by atoms with E-state index in [-0.39, 0.29) is 0 Å². The van der Waals surface area contributed by atoms with Gasteiger partial charge in [0.25, 0.3) is 0 Å². The second-order valence-corrected chi connectivity index (χ2v) is 5.76. The van der Waals surface area contributed by atoms with Crippen LogP contribution in [0, 0.1) is 13.8 Å². The number of hydrogen-bond acceptors (Lipinski definition) is 2. The fourth-order valence-electron chi connectivity index (χ4n) is 1.03. The van der Waals surface area contributed by atoms with Crippen molar-refractivity contribution in [2.24, 2.45) is 5.14 Å². The molecule has 1 unspecified atom stereocenters. The molecule has 1 atom stereocenters. The van der Waals surface area contributed by atoms with Gasteiger partial charge in [-0.05, 0) is 31.0 Å². The number of benzene rings is 1. The van der Waals surface area contributed by atoms with Gasteiger partial charge in [-0.3, -0.25) is 0 Å². The zero-order valence-electron chi connectivity index (χ0n) is 7.03. The molecule has 0 saturated heterocycles. The molecule has 1 aromatic rings. The molecule has 12 heavy (non-hydrogen) atoms. The summed E-state index contributed by atoms with van der Waals surface area (Å²) < 4.78 is 11.4. The van der Waals surface area contributed by atoms with Gasteiger partial charge in [0.1, 0.15) is 8.68 Å². The van der Waals surface area contributed by atoms with Gasteiger partial charge in [0, 0.05) is 11.2 Å². The molecule has 1 rings (SSSR count). The maximum Gasteiger partial charge on any atom is 0.116 e. The van der Waals surface area contributed by atoms with Crippen molar-refractivity contribution in [2.75, 3.05) is 0 Å². The Kier molecular flexibility index (Phi) is 2.51. The van der Waals surface area contributed by atoms with Crippen molar-refractivity contribution in [3.05, 3.63) is 29.3 Å². The van der Waals surface area contributed by atoms with Crippen molar-refractivity contribution < 1.29 is 4.21 Å². The highest BCUT2D eigenvalue weighted by Crippen LogP contribution is 2.16. The van der Waals surface area contributed by atoms with E-state index in [0.29, 0.717) is 4.90 Å². The lowest BCUT2D eigenvalue weighted by Crippen LogP contribution is -2.12. The van der Waals surface area contributed by atoms with Crippen LogP contribution in [0.4, 0.5) is 0 Å². The van der Waals surface area contributed by atoms with Crippen molar-refractivity contribution in [3.63, 3.8) is 0 Å². The minimum Gasteiger partial charge on any atom is -0.247 e. The van der Waals surface area contributed by atoms with E-state index in [4.69, 9.17) is 16.3 Å². The van der Waals surface area contributed by atoms with Crippen LogP contribution in [0.3, 0.4) is 0 Å². The Balaban J connectivity index is 3.47. The first kappa shape index (κ1) is 9.64. The molecular formula is C8H11NOS2. The van der Waals surface area contributed by atoms with Gasteiger partial charge >= 0.3 is 0 Å². The molecular weight excluding hydrogens is 190 g/mol. The van der Waals surface area contributed by atoms with Crippen molar-refractivity contribution >= 4 is 19.9 Å². The highest BCUT2D eigenvalue weighted by Gasteiger charge is 2.07. The molecule has 0 heterocycles. The molecule has 4 heteroatoms. The fourth-order valence-corrected chi connectivity index (χ4v) is 2.43. The highest BCUT2D eigenvalue weighted by molar-refractivity contribution is 8.31. The first-order valence-electron chi connectivity index (χ1n) is 3.52. The van der Waals surface area contributed by atoms with Crippen LogP contribution in [0.25, 0.3) is 0 Å². The molecule has 66 valence electrons. The fraction of sp³-hybridized carbons (Fsp3) is 0.250. The summed E-state index contributed by atoms with van der Waals surface area (Å²) in [5.41, 5.74) is 2.00. The summed E-state index contributed by atoms with van der Waals surface area (Å²) in [6.07, 6.45) is 0. The van der Waals surface area contributed by atoms with Crippen LogP contribution in [0.1, 0.15) is 11.1 Å². The van der Waals surface area contributed by atoms with E-state index >= 15 is 0 Å². The molecule has 0 aliphatic heterocycles. The Bertz CT molecular complexity index is 396. The first-order valence-corrected chi connectivity index (χ1v) is 6.06. The Morgan fingerprint density at radius 3 is 2.42 bits per heavy atom. The zero-order chi connectivity index (χ0) is 9.35. The van der Waals surface area contributed by atoms with Crippen LogP contribution in [0.15, 0.2) is 23.1 Å². The predicted octanol–water partition coefficient (Wildman–Crippen LogP) is 1.28. The predicted molar refractivity (Wildman–Crippen MR) is 53.9 cm³/mol. The SMILES string of the molecule is Cc1cccc(S(N)(=O)=S)c1C. The van der Waals surface area contributed by atoms with Crippen molar-refractivity contribution in [2.45, 2.75) is 18.7 Å². The summed E-state index contributed by atoms with van der Waals surface area (Å²) in [7, 11) is -2.72. The molecule has 2 N–H and O–H groups in total. The summed E-state index contributed by atoms with van der Waals surface area (Å²) in [6, 6.07) is 5.48. The smallest absolute Gasteiger partial charge is 0.116 e. The lowest BCUT2D eigenvalue weighted by molar-refractivity contribution is 0.682. The van der Waals surface area contributed by atoms with Gasteiger partial charge in [-0.15, -0.1) is 0 Å². The maximum absolute atomic E-state index is 11.4. The van der Waals surface area contributed by atoms with Crippen LogP contribution in [-0.4, -0.2) is 4.21 Å². The van der Waals surface area contributed by atoms with E-state index in [9.17, 15) is 4.21 Å². The van der Waals surface area contributed by atoms with Crippen molar-refractivity contribution in [3.8, 4) is 0 Å². The lowest BCUT2D eigenvalue weighted by Gasteiger charge is -2.07. The zero-order valence-corrected chi connectivity index (χ0v) is 8.67. The Labute approximate surface area is 77.6 Å². The summed E-state index contributed by atoms with van der Waals surface area (Å²) in [4.78, 5) is 0.581. The van der Waals surface area contributed by atoms with Gasteiger partial charge in [0.05, 0.1) is 4.90 Å². The maximum atomic E-state index is 11.4. The highest BCUT2D eigenvalue weighted by atomic mass is 32.8. The second-order valence-electron chi connectivity index (χ2n) is 2.74. The first-order chi connectivity index (χ1) is 5.43. The number of aryl methyl sites for hydroxylation is 1. The lowest BCUT2D eigenvalue weighted by atomic mass is 10.1. The van der Waals surface area contributed by atoms with Gasteiger partial charge < -0.3 is 0 Å². The third-order valence-corrected chi connectivity index (χ3v) is 3.46. The minimum atomic E-state index is -2.72. The summed E-state index contributed by atoms with van der Waals surface area (Å²) in [6.45, 7) is 3.82. The molecule has 0 aliphatic carbocycles. The van der Waals surface area contributed by atoms with Crippen LogP contribution >= 0.6 is 0 Å². The van der Waals surface area contributed by atoms with Gasteiger partial charge in [-0.25, -0.2) is 9.35 Å². The quantitative estimate of drug-likeness (QED) is 0.744. The van der Waals surface area contributed by atoms with E-state index in [0.717, 1.165) is 11.1 Å². The van der Waals surface area contributed by atoms with Gasteiger partial charge in [-0.2, -0.15) is 0 Å². The third-order valence-electron chi connectivity index (χ3n) is 1.86. The van der Waals surface area contributed by atoms with Gasteiger partial charge in [0.2, 0.25) is 0 Å². The average Bonchev–Trinajstić information content (AvgIpc) is 1.92. The molecule has 1 aromatic carbocycles. The van der Waals surface area contributed by atoms with Gasteiger partial charge in [0.15, 0.2) is 0 Å². The van der Waals surface area contributed by atoms with E-state index in [1.807, 2.05) is 26.0 Å². The molecule has 0 fully saturated rings. The van der Waals surface area contributed by atoms with Crippen LogP contribution in [-0.2, 0) is 19.9 Å². The second kappa shape index (κ2) is 3.12. The molecule has 0 amide bonds. The summed E-state index contributed by atoms with van der Waals surface area (Å²) >= 11 is 4.70. The van der Waals surface area contributed by atoms with E-state index in [1.165, 1.54) is 0 Å². The number of hydrogen-bond donors (Lipinski definition) is 1. The Morgan fingerprint density at radius 2 is 2.00 bits per heavy atom. The summed E-state index contributed by atoms with van der Waals surface area (Å²) in [5, 5.41) is 5.37. The van der Waals surface area contributed by atoms with Gasteiger partial charge in [-0.1, -0.05) is 12.1 Å².